The normalized spacial score (nSPS) is 13.5. The van der Waals surface area contributed by atoms with Gasteiger partial charge in [-0.15, -0.1) is 0 Å². The predicted molar refractivity (Wildman–Crippen MR) is 86.0 cm³/mol. The van der Waals surface area contributed by atoms with E-state index in [0.717, 1.165) is 12.0 Å². The van der Waals surface area contributed by atoms with Gasteiger partial charge in [0, 0.05) is 6.42 Å². The van der Waals surface area contributed by atoms with Crippen molar-refractivity contribution in [2.24, 2.45) is 0 Å². The second kappa shape index (κ2) is 7.35. The predicted octanol–water partition coefficient (Wildman–Crippen LogP) is 3.21. The number of hydrogen-bond donors (Lipinski definition) is 0. The molecule has 5 nitrogen and oxygen atoms in total. The van der Waals surface area contributed by atoms with Gasteiger partial charge in [-0.1, -0.05) is 54.6 Å². The first kappa shape index (κ1) is 16.4. The molecule has 0 aliphatic heterocycles. The van der Waals surface area contributed by atoms with E-state index in [1.165, 1.54) is 0 Å². The van der Waals surface area contributed by atoms with Gasteiger partial charge in [-0.25, -0.2) is 8.42 Å². The first-order valence-electron chi connectivity index (χ1n) is 7.28. The van der Waals surface area contributed by atoms with Crippen LogP contribution in [0.25, 0.3) is 6.08 Å². The van der Waals surface area contributed by atoms with E-state index in [9.17, 15) is 8.42 Å². The second-order valence-corrected chi connectivity index (χ2v) is 7.45. The van der Waals surface area contributed by atoms with Crippen molar-refractivity contribution in [1.29, 1.82) is 0 Å². The van der Waals surface area contributed by atoms with Crippen molar-refractivity contribution in [3.63, 3.8) is 0 Å². The number of rotatable bonds is 7. The van der Waals surface area contributed by atoms with Crippen molar-refractivity contribution < 1.29 is 12.9 Å². The fourth-order valence-corrected chi connectivity index (χ4v) is 2.99. The van der Waals surface area contributed by atoms with Gasteiger partial charge in [0.15, 0.2) is 15.7 Å². The lowest BCUT2D eigenvalue weighted by atomic mass is 10.2. The minimum absolute atomic E-state index is 0.0610. The summed E-state index contributed by atoms with van der Waals surface area (Å²) in [4.78, 5) is 4.15. The van der Waals surface area contributed by atoms with Crippen molar-refractivity contribution in [1.82, 2.24) is 10.1 Å². The van der Waals surface area contributed by atoms with E-state index in [1.807, 2.05) is 37.3 Å². The largest absolute Gasteiger partial charge is 0.338 e. The molecule has 118 valence electrons. The lowest BCUT2D eigenvalue weighted by Gasteiger charge is -2.06. The van der Waals surface area contributed by atoms with E-state index in [1.54, 1.807) is 19.1 Å². The van der Waals surface area contributed by atoms with Gasteiger partial charge < -0.3 is 4.52 Å². The molecular formula is C16H20N2O3S. The summed E-state index contributed by atoms with van der Waals surface area (Å²) in [7, 11) is -3.37. The minimum atomic E-state index is -3.37. The molecule has 0 saturated heterocycles. The first-order valence-corrected chi connectivity index (χ1v) is 9.00. The van der Waals surface area contributed by atoms with Crippen LogP contribution in [-0.2, 0) is 16.3 Å². The Morgan fingerprint density at radius 2 is 2.00 bits per heavy atom. The number of nitrogens with zero attached hydrogens (tertiary/aromatic N) is 2. The molecule has 0 radical (unpaired) electrons. The summed E-state index contributed by atoms with van der Waals surface area (Å²) >= 11 is 0. The molecule has 22 heavy (non-hydrogen) atoms. The van der Waals surface area contributed by atoms with Crippen molar-refractivity contribution >= 4 is 15.9 Å². The van der Waals surface area contributed by atoms with E-state index >= 15 is 0 Å². The van der Waals surface area contributed by atoms with E-state index in [0.29, 0.717) is 12.2 Å². The molecule has 0 fully saturated rings. The highest BCUT2D eigenvalue weighted by Gasteiger charge is 2.26. The van der Waals surface area contributed by atoms with Gasteiger partial charge in [-0.05, 0) is 18.9 Å². The van der Waals surface area contributed by atoms with Crippen molar-refractivity contribution in [3.8, 4) is 0 Å². The molecule has 0 saturated carbocycles. The Morgan fingerprint density at radius 1 is 1.27 bits per heavy atom. The molecule has 0 amide bonds. The minimum Gasteiger partial charge on any atom is -0.338 e. The summed E-state index contributed by atoms with van der Waals surface area (Å²) in [5, 5.41) is 3.00. The Hall–Kier alpha value is -1.95. The molecule has 6 heteroatoms. The summed E-state index contributed by atoms with van der Waals surface area (Å²) in [5.41, 5.74) is 0.966. The van der Waals surface area contributed by atoms with Crippen molar-refractivity contribution in [3.05, 3.63) is 53.7 Å². The summed E-state index contributed by atoms with van der Waals surface area (Å²) in [5.74, 6) is 0.658. The molecule has 0 bridgehead atoms. The zero-order valence-electron chi connectivity index (χ0n) is 12.8. The molecule has 1 aromatic carbocycles. The summed E-state index contributed by atoms with van der Waals surface area (Å²) in [6, 6.07) is 9.57. The maximum atomic E-state index is 12.3. The smallest absolute Gasteiger partial charge is 0.244 e. The van der Waals surface area contributed by atoms with Crippen LogP contribution in [-0.4, -0.2) is 24.3 Å². The molecule has 0 aliphatic rings. The molecule has 2 aromatic rings. The van der Waals surface area contributed by atoms with Gasteiger partial charge in [0.1, 0.15) is 5.25 Å². The van der Waals surface area contributed by atoms with E-state index < -0.39 is 15.1 Å². The van der Waals surface area contributed by atoms with Gasteiger partial charge in [0.05, 0.1) is 5.75 Å². The highest BCUT2D eigenvalue weighted by atomic mass is 32.2. The fraction of sp³-hybridized carbons (Fsp3) is 0.375. The van der Waals surface area contributed by atoms with Crippen LogP contribution in [0.2, 0.25) is 0 Å². The van der Waals surface area contributed by atoms with Crippen molar-refractivity contribution in [2.45, 2.75) is 31.9 Å². The number of benzene rings is 1. The highest BCUT2D eigenvalue weighted by Crippen LogP contribution is 2.21. The van der Waals surface area contributed by atoms with Gasteiger partial charge >= 0.3 is 0 Å². The summed E-state index contributed by atoms with van der Waals surface area (Å²) < 4.78 is 29.7. The van der Waals surface area contributed by atoms with Crippen LogP contribution in [0.4, 0.5) is 0 Å². The van der Waals surface area contributed by atoms with E-state index in [2.05, 4.69) is 10.1 Å². The summed E-state index contributed by atoms with van der Waals surface area (Å²) in [6.07, 6.45) is 5.01. The van der Waals surface area contributed by atoms with Crippen LogP contribution < -0.4 is 0 Å². The average Bonchev–Trinajstić information content (AvgIpc) is 2.96. The Morgan fingerprint density at radius 3 is 2.68 bits per heavy atom. The second-order valence-electron chi connectivity index (χ2n) is 5.08. The van der Waals surface area contributed by atoms with Crippen molar-refractivity contribution in [2.75, 3.05) is 5.75 Å². The molecule has 0 spiro atoms. The molecular weight excluding hydrogens is 300 g/mol. The molecule has 1 atom stereocenters. The lowest BCUT2D eigenvalue weighted by molar-refractivity contribution is 0.371. The Bertz CT molecular complexity index is 721. The van der Waals surface area contributed by atoms with Gasteiger partial charge in [-0.3, -0.25) is 0 Å². The monoisotopic (exact) mass is 320 g/mol. The number of aromatic nitrogens is 2. The number of sulfone groups is 1. The number of aryl methyl sites for hydroxylation is 1. The summed E-state index contributed by atoms with van der Waals surface area (Å²) in [6.45, 7) is 3.58. The first-order chi connectivity index (χ1) is 10.5. The van der Waals surface area contributed by atoms with E-state index in [-0.39, 0.29) is 11.6 Å². The third-order valence-corrected chi connectivity index (χ3v) is 5.22. The third kappa shape index (κ3) is 4.27. The van der Waals surface area contributed by atoms with Crippen LogP contribution in [0.15, 0.2) is 40.9 Å². The zero-order chi connectivity index (χ0) is 16.0. The SMILES string of the molecule is CCCc1noc([C@@H](C)S(=O)(=O)C/C=C\c2ccccc2)n1. The van der Waals surface area contributed by atoms with Crippen LogP contribution >= 0.6 is 0 Å². The van der Waals surface area contributed by atoms with Gasteiger partial charge in [0.25, 0.3) is 0 Å². The van der Waals surface area contributed by atoms with Crippen LogP contribution in [0.1, 0.15) is 42.8 Å². The van der Waals surface area contributed by atoms with Crippen LogP contribution in [0.3, 0.4) is 0 Å². The van der Waals surface area contributed by atoms with Gasteiger partial charge in [0.2, 0.25) is 5.89 Å². The molecule has 0 unspecified atom stereocenters. The Labute approximate surface area is 131 Å². The Kier molecular flexibility index (Phi) is 5.49. The van der Waals surface area contributed by atoms with Crippen LogP contribution in [0, 0.1) is 0 Å². The topological polar surface area (TPSA) is 73.1 Å². The van der Waals surface area contributed by atoms with E-state index in [4.69, 9.17) is 4.52 Å². The lowest BCUT2D eigenvalue weighted by Crippen LogP contribution is -2.13. The standard InChI is InChI=1S/C16H20N2O3S/c1-3-8-15-17-16(21-18-15)13(2)22(19,20)12-7-11-14-9-5-4-6-10-14/h4-7,9-11,13H,3,8,12H2,1-2H3/b11-7-/t13-/m1/s1. The highest BCUT2D eigenvalue weighted by molar-refractivity contribution is 7.91. The zero-order valence-corrected chi connectivity index (χ0v) is 13.6. The quantitative estimate of drug-likeness (QED) is 0.783. The fourth-order valence-electron chi connectivity index (χ4n) is 1.94. The van der Waals surface area contributed by atoms with Gasteiger partial charge in [-0.2, -0.15) is 4.98 Å². The Balaban J connectivity index is 2.04. The third-order valence-electron chi connectivity index (χ3n) is 3.28. The molecule has 0 N–H and O–H groups in total. The molecule has 0 aliphatic carbocycles. The molecule has 1 aromatic heterocycles. The molecule has 2 rings (SSSR count). The van der Waals surface area contributed by atoms with Crippen LogP contribution in [0.5, 0.6) is 0 Å². The average molecular weight is 320 g/mol. The maximum absolute atomic E-state index is 12.3. The number of hydrogen-bond acceptors (Lipinski definition) is 5. The maximum Gasteiger partial charge on any atom is 0.244 e. The molecule has 1 heterocycles.